The van der Waals surface area contributed by atoms with Gasteiger partial charge < -0.3 is 9.84 Å². The van der Waals surface area contributed by atoms with E-state index in [1.165, 1.54) is 4.90 Å². The Kier molecular flexibility index (Phi) is 6.80. The van der Waals surface area contributed by atoms with Crippen LogP contribution >= 0.6 is 15.9 Å². The second-order valence-corrected chi connectivity index (χ2v) is 6.73. The van der Waals surface area contributed by atoms with E-state index >= 15 is 0 Å². The van der Waals surface area contributed by atoms with Crippen molar-refractivity contribution in [3.05, 3.63) is 70.2 Å². The number of likely N-dealkylation sites (N-methyl/N-ethyl adjacent to an activating group) is 1. The number of carboxylic acid groups (broad SMARTS) is 1. The van der Waals surface area contributed by atoms with E-state index < -0.39 is 17.6 Å². The molecule has 0 fully saturated rings. The second kappa shape index (κ2) is 8.85. The SMILES string of the molecule is CCN(C(=O)OCc1ccccc1)C(CC)(C(=O)O)c1cccc(Br)c1. The summed E-state index contributed by atoms with van der Waals surface area (Å²) in [5.74, 6) is -1.09. The number of amides is 1. The number of benzene rings is 2. The van der Waals surface area contributed by atoms with Crippen molar-refractivity contribution in [1.82, 2.24) is 4.90 Å². The molecular formula is C20H22BrNO4. The van der Waals surface area contributed by atoms with Crippen LogP contribution < -0.4 is 0 Å². The molecule has 1 N–H and O–H groups in total. The molecule has 0 aromatic heterocycles. The Morgan fingerprint density at radius 2 is 1.81 bits per heavy atom. The molecule has 26 heavy (non-hydrogen) atoms. The highest BCUT2D eigenvalue weighted by Crippen LogP contribution is 2.34. The van der Waals surface area contributed by atoms with Crippen molar-refractivity contribution < 1.29 is 19.4 Å². The molecule has 2 rings (SSSR count). The number of aliphatic carboxylic acids is 1. The van der Waals surface area contributed by atoms with Crippen LogP contribution in [-0.2, 0) is 21.7 Å². The number of carbonyl (C=O) groups excluding carboxylic acids is 1. The zero-order valence-corrected chi connectivity index (χ0v) is 16.4. The first-order valence-corrected chi connectivity index (χ1v) is 9.22. The minimum atomic E-state index is -1.49. The third-order valence-corrected chi connectivity index (χ3v) is 4.86. The monoisotopic (exact) mass is 419 g/mol. The van der Waals surface area contributed by atoms with Crippen molar-refractivity contribution >= 4 is 28.0 Å². The molecule has 0 aliphatic heterocycles. The summed E-state index contributed by atoms with van der Waals surface area (Å²) >= 11 is 3.37. The van der Waals surface area contributed by atoms with E-state index in [0.717, 1.165) is 10.0 Å². The standard InChI is InChI=1S/C20H22BrNO4/c1-3-20(18(23)24,16-11-8-12-17(21)13-16)22(4-2)19(25)26-14-15-9-6-5-7-10-15/h5-13H,3-4,14H2,1-2H3,(H,23,24). The Morgan fingerprint density at radius 3 is 2.35 bits per heavy atom. The van der Waals surface area contributed by atoms with Crippen LogP contribution in [0.4, 0.5) is 4.79 Å². The van der Waals surface area contributed by atoms with Crippen LogP contribution in [0.3, 0.4) is 0 Å². The van der Waals surface area contributed by atoms with Gasteiger partial charge in [-0.1, -0.05) is 65.3 Å². The third-order valence-electron chi connectivity index (χ3n) is 4.37. The van der Waals surface area contributed by atoms with E-state index in [0.29, 0.717) is 5.56 Å². The average Bonchev–Trinajstić information content (AvgIpc) is 2.64. The van der Waals surface area contributed by atoms with Crippen molar-refractivity contribution in [1.29, 1.82) is 0 Å². The molecule has 0 aliphatic rings. The molecule has 0 radical (unpaired) electrons. The van der Waals surface area contributed by atoms with Crippen molar-refractivity contribution in [2.75, 3.05) is 6.54 Å². The van der Waals surface area contributed by atoms with Crippen LogP contribution in [-0.4, -0.2) is 28.6 Å². The molecule has 138 valence electrons. The van der Waals surface area contributed by atoms with Crippen molar-refractivity contribution in [2.45, 2.75) is 32.4 Å². The molecule has 1 amide bonds. The molecule has 0 saturated carbocycles. The second-order valence-electron chi connectivity index (χ2n) is 5.81. The van der Waals surface area contributed by atoms with Crippen molar-refractivity contribution in [2.24, 2.45) is 0 Å². The normalized spacial score (nSPS) is 12.9. The summed E-state index contributed by atoms with van der Waals surface area (Å²) in [6, 6.07) is 16.3. The molecule has 0 saturated heterocycles. The molecule has 2 aromatic carbocycles. The fraction of sp³-hybridized carbons (Fsp3) is 0.300. The molecule has 6 heteroatoms. The number of halogens is 1. The van der Waals surface area contributed by atoms with Gasteiger partial charge in [0.15, 0.2) is 5.54 Å². The lowest BCUT2D eigenvalue weighted by Gasteiger charge is -2.39. The van der Waals surface area contributed by atoms with Gasteiger partial charge in [-0.2, -0.15) is 0 Å². The number of carboxylic acids is 1. The maximum Gasteiger partial charge on any atom is 0.411 e. The summed E-state index contributed by atoms with van der Waals surface area (Å²) < 4.78 is 6.16. The number of carbonyl (C=O) groups is 2. The topological polar surface area (TPSA) is 66.8 Å². The Hall–Kier alpha value is -2.34. The number of rotatable bonds is 7. The Labute approximate surface area is 161 Å². The first-order chi connectivity index (χ1) is 12.5. The minimum Gasteiger partial charge on any atom is -0.479 e. The lowest BCUT2D eigenvalue weighted by atomic mass is 9.85. The van der Waals surface area contributed by atoms with Crippen LogP contribution in [0.2, 0.25) is 0 Å². The average molecular weight is 420 g/mol. The minimum absolute atomic E-state index is 0.0913. The molecule has 0 spiro atoms. The first-order valence-electron chi connectivity index (χ1n) is 8.43. The van der Waals surface area contributed by atoms with Gasteiger partial charge in [-0.3, -0.25) is 4.90 Å². The highest BCUT2D eigenvalue weighted by Gasteiger charge is 2.47. The molecule has 5 nitrogen and oxygen atoms in total. The predicted molar refractivity (Wildman–Crippen MR) is 103 cm³/mol. The zero-order valence-electron chi connectivity index (χ0n) is 14.8. The van der Waals surface area contributed by atoms with E-state index in [1.807, 2.05) is 36.4 Å². The Bertz CT molecular complexity index is 765. The van der Waals surface area contributed by atoms with Crippen LogP contribution in [0.25, 0.3) is 0 Å². The van der Waals surface area contributed by atoms with Crippen molar-refractivity contribution in [3.8, 4) is 0 Å². The first kappa shape index (κ1) is 20.0. The van der Waals surface area contributed by atoms with Gasteiger partial charge in [0.25, 0.3) is 0 Å². The maximum absolute atomic E-state index is 12.7. The highest BCUT2D eigenvalue weighted by atomic mass is 79.9. The largest absolute Gasteiger partial charge is 0.479 e. The van der Waals surface area contributed by atoms with Crippen LogP contribution in [0.5, 0.6) is 0 Å². The highest BCUT2D eigenvalue weighted by molar-refractivity contribution is 9.10. The summed E-state index contributed by atoms with van der Waals surface area (Å²) in [4.78, 5) is 26.3. The molecule has 2 aromatic rings. The number of nitrogens with zero attached hydrogens (tertiary/aromatic N) is 1. The number of hydrogen-bond acceptors (Lipinski definition) is 3. The van der Waals surface area contributed by atoms with Gasteiger partial charge in [-0.25, -0.2) is 9.59 Å². The van der Waals surface area contributed by atoms with Crippen LogP contribution in [0, 0.1) is 0 Å². The van der Waals surface area contributed by atoms with Gasteiger partial charge in [-0.15, -0.1) is 0 Å². The van der Waals surface area contributed by atoms with E-state index in [9.17, 15) is 14.7 Å². The van der Waals surface area contributed by atoms with Crippen LogP contribution in [0.15, 0.2) is 59.1 Å². The molecular weight excluding hydrogens is 398 g/mol. The summed E-state index contributed by atoms with van der Waals surface area (Å²) in [6.45, 7) is 3.80. The molecule has 0 bridgehead atoms. The van der Waals surface area contributed by atoms with Crippen molar-refractivity contribution in [3.63, 3.8) is 0 Å². The zero-order chi connectivity index (χ0) is 19.2. The quantitative estimate of drug-likeness (QED) is 0.699. The van der Waals surface area contributed by atoms with Crippen LogP contribution in [0.1, 0.15) is 31.4 Å². The summed E-state index contributed by atoms with van der Waals surface area (Å²) in [7, 11) is 0. The van der Waals surface area contributed by atoms with E-state index in [1.54, 1.807) is 32.0 Å². The fourth-order valence-corrected chi connectivity index (χ4v) is 3.44. The summed E-state index contributed by atoms with van der Waals surface area (Å²) in [5.41, 5.74) is -0.121. The smallest absolute Gasteiger partial charge is 0.411 e. The fourth-order valence-electron chi connectivity index (χ4n) is 3.04. The third kappa shape index (κ3) is 4.07. The molecule has 1 unspecified atom stereocenters. The van der Waals surface area contributed by atoms with Gasteiger partial charge in [0, 0.05) is 11.0 Å². The Morgan fingerprint density at radius 1 is 1.12 bits per heavy atom. The number of ether oxygens (including phenoxy) is 1. The molecule has 0 aliphatic carbocycles. The van der Waals surface area contributed by atoms with E-state index in [2.05, 4.69) is 15.9 Å². The summed E-state index contributed by atoms with van der Waals surface area (Å²) in [6.07, 6.45) is -0.437. The van der Waals surface area contributed by atoms with Gasteiger partial charge in [0.2, 0.25) is 0 Å². The Balaban J connectivity index is 2.34. The summed E-state index contributed by atoms with van der Waals surface area (Å²) in [5, 5.41) is 10.0. The lowest BCUT2D eigenvalue weighted by molar-refractivity contribution is -0.151. The maximum atomic E-state index is 12.7. The molecule has 1 atom stereocenters. The van der Waals surface area contributed by atoms with Gasteiger partial charge in [-0.05, 0) is 36.6 Å². The van der Waals surface area contributed by atoms with Gasteiger partial charge >= 0.3 is 12.1 Å². The van der Waals surface area contributed by atoms with Gasteiger partial charge in [0.1, 0.15) is 6.61 Å². The van der Waals surface area contributed by atoms with E-state index in [-0.39, 0.29) is 19.6 Å². The lowest BCUT2D eigenvalue weighted by Crippen LogP contribution is -2.54. The van der Waals surface area contributed by atoms with E-state index in [4.69, 9.17) is 4.74 Å². The number of hydrogen-bond donors (Lipinski definition) is 1. The molecule has 0 heterocycles. The van der Waals surface area contributed by atoms with Gasteiger partial charge in [0.05, 0.1) is 0 Å². The predicted octanol–water partition coefficient (Wildman–Crippen LogP) is 4.80.